The minimum atomic E-state index is -0.908. The van der Waals surface area contributed by atoms with Gasteiger partial charge >= 0.3 is 5.97 Å². The minimum Gasteiger partial charge on any atom is -0.456 e. The lowest BCUT2D eigenvalue weighted by Gasteiger charge is -2.36. The van der Waals surface area contributed by atoms with Crippen LogP contribution in [0.4, 0.5) is 0 Å². The van der Waals surface area contributed by atoms with E-state index in [9.17, 15) is 14.7 Å². The minimum absolute atomic E-state index is 0.0675. The number of nitrogens with zero attached hydrogens (tertiary/aromatic N) is 1. The monoisotopic (exact) mass is 280 g/mol. The van der Waals surface area contributed by atoms with Crippen LogP contribution in [-0.2, 0) is 14.3 Å². The van der Waals surface area contributed by atoms with E-state index in [4.69, 9.17) is 4.74 Å². The number of nitrogens with one attached hydrogen (secondary N) is 1. The van der Waals surface area contributed by atoms with Gasteiger partial charge in [-0.3, -0.25) is 4.79 Å². The van der Waals surface area contributed by atoms with E-state index < -0.39 is 5.60 Å². The largest absolute Gasteiger partial charge is 0.456 e. The molecule has 0 aromatic carbocycles. The average Bonchev–Trinajstić information content (AvgIpc) is 2.96. The quantitative estimate of drug-likeness (QED) is 0.684. The highest BCUT2D eigenvalue weighted by Gasteiger charge is 2.48. The first-order chi connectivity index (χ1) is 9.53. The molecular formula is C14H20N2O4. The summed E-state index contributed by atoms with van der Waals surface area (Å²) in [6.07, 6.45) is 1.84. The van der Waals surface area contributed by atoms with E-state index in [1.54, 1.807) is 11.8 Å². The number of hydrogen-bond acceptors (Lipinski definition) is 5. The van der Waals surface area contributed by atoms with Crippen LogP contribution >= 0.6 is 0 Å². The van der Waals surface area contributed by atoms with Gasteiger partial charge in [0.05, 0.1) is 22.8 Å². The Balaban J connectivity index is 1.79. The van der Waals surface area contributed by atoms with Crippen LogP contribution < -0.4 is 5.32 Å². The van der Waals surface area contributed by atoms with Gasteiger partial charge in [-0.2, -0.15) is 0 Å². The zero-order valence-corrected chi connectivity index (χ0v) is 11.6. The average molecular weight is 280 g/mol. The molecule has 0 spiro atoms. The zero-order chi connectivity index (χ0) is 14.3. The molecule has 0 aromatic heterocycles. The molecule has 3 aliphatic heterocycles. The first-order valence-electron chi connectivity index (χ1n) is 7.14. The number of ether oxygens (including phenoxy) is 1. The smallest absolute Gasteiger partial charge is 0.336 e. The second-order valence-corrected chi connectivity index (χ2v) is 5.83. The summed E-state index contributed by atoms with van der Waals surface area (Å²) in [4.78, 5) is 25.6. The molecule has 6 nitrogen and oxygen atoms in total. The van der Waals surface area contributed by atoms with Crippen LogP contribution in [0.5, 0.6) is 0 Å². The predicted octanol–water partition coefficient (Wildman–Crippen LogP) is -0.220. The van der Waals surface area contributed by atoms with E-state index in [1.807, 2.05) is 0 Å². The maximum atomic E-state index is 12.6. The van der Waals surface area contributed by atoms with Crippen LogP contribution in [-0.4, -0.2) is 53.7 Å². The molecule has 1 amide bonds. The van der Waals surface area contributed by atoms with E-state index in [0.717, 1.165) is 13.1 Å². The molecule has 0 unspecified atom stereocenters. The van der Waals surface area contributed by atoms with Gasteiger partial charge in [0.15, 0.2) is 0 Å². The van der Waals surface area contributed by atoms with Crippen molar-refractivity contribution in [2.75, 3.05) is 26.2 Å². The molecule has 2 fully saturated rings. The molecule has 2 N–H and O–H groups in total. The summed E-state index contributed by atoms with van der Waals surface area (Å²) in [5.74, 6) is -0.778. The molecule has 1 atom stereocenters. The first kappa shape index (κ1) is 13.6. The van der Waals surface area contributed by atoms with Gasteiger partial charge in [-0.15, -0.1) is 0 Å². The highest BCUT2D eigenvalue weighted by Crippen LogP contribution is 2.37. The van der Waals surface area contributed by atoms with Crippen molar-refractivity contribution in [2.45, 2.75) is 31.8 Å². The van der Waals surface area contributed by atoms with E-state index in [0.29, 0.717) is 37.1 Å². The van der Waals surface area contributed by atoms with E-state index in [-0.39, 0.29) is 24.4 Å². The maximum Gasteiger partial charge on any atom is 0.336 e. The summed E-state index contributed by atoms with van der Waals surface area (Å²) in [5.41, 5.74) is 0.269. The Morgan fingerprint density at radius 2 is 2.05 bits per heavy atom. The standard InChI is InChI=1S/C14H20N2O4/c1-9-11(8-20-13(9)18)16-7-2-10(12(16)17)14(19)3-5-15-6-4-14/h10,15,19H,2-8H2,1H3/t10-/m0/s1. The molecule has 6 heteroatoms. The first-order valence-corrected chi connectivity index (χ1v) is 7.14. The molecule has 0 aromatic rings. The molecule has 0 bridgehead atoms. The van der Waals surface area contributed by atoms with Crippen molar-refractivity contribution in [3.63, 3.8) is 0 Å². The molecule has 2 saturated heterocycles. The molecule has 0 radical (unpaired) electrons. The third-order valence-electron chi connectivity index (χ3n) is 4.73. The van der Waals surface area contributed by atoms with Crippen molar-refractivity contribution < 1.29 is 19.4 Å². The Morgan fingerprint density at radius 3 is 2.65 bits per heavy atom. The second kappa shape index (κ2) is 4.86. The van der Waals surface area contributed by atoms with E-state index >= 15 is 0 Å². The van der Waals surface area contributed by atoms with Crippen LogP contribution in [0, 0.1) is 5.92 Å². The highest BCUT2D eigenvalue weighted by atomic mass is 16.5. The molecule has 0 aliphatic carbocycles. The van der Waals surface area contributed by atoms with Crippen LogP contribution in [0.25, 0.3) is 0 Å². The van der Waals surface area contributed by atoms with Crippen molar-refractivity contribution >= 4 is 11.9 Å². The van der Waals surface area contributed by atoms with Crippen LogP contribution in [0.15, 0.2) is 11.3 Å². The topological polar surface area (TPSA) is 78.9 Å². The van der Waals surface area contributed by atoms with E-state index in [1.165, 1.54) is 0 Å². The number of rotatable bonds is 2. The van der Waals surface area contributed by atoms with Gasteiger partial charge < -0.3 is 20.1 Å². The van der Waals surface area contributed by atoms with Crippen LogP contribution in [0.1, 0.15) is 26.2 Å². The number of hydrogen-bond donors (Lipinski definition) is 2. The fourth-order valence-electron chi connectivity index (χ4n) is 3.40. The number of piperidine rings is 1. The second-order valence-electron chi connectivity index (χ2n) is 5.83. The molecule has 110 valence electrons. The normalized spacial score (nSPS) is 30.1. The van der Waals surface area contributed by atoms with Crippen molar-refractivity contribution in [3.05, 3.63) is 11.3 Å². The lowest BCUT2D eigenvalue weighted by Crippen LogP contribution is -2.49. The predicted molar refractivity (Wildman–Crippen MR) is 70.5 cm³/mol. The van der Waals surface area contributed by atoms with Crippen LogP contribution in [0.3, 0.4) is 0 Å². The highest BCUT2D eigenvalue weighted by molar-refractivity contribution is 5.93. The van der Waals surface area contributed by atoms with Crippen molar-refractivity contribution in [2.24, 2.45) is 5.92 Å². The van der Waals surface area contributed by atoms with Gasteiger partial charge in [0, 0.05) is 6.54 Å². The summed E-state index contributed by atoms with van der Waals surface area (Å²) in [6, 6.07) is 0. The van der Waals surface area contributed by atoms with Crippen molar-refractivity contribution in [1.29, 1.82) is 0 Å². The van der Waals surface area contributed by atoms with Gasteiger partial charge in [0.2, 0.25) is 5.91 Å². The Morgan fingerprint density at radius 1 is 1.35 bits per heavy atom. The zero-order valence-electron chi connectivity index (χ0n) is 11.6. The van der Waals surface area contributed by atoms with Gasteiger partial charge in [-0.1, -0.05) is 0 Å². The SMILES string of the molecule is CC1=C(N2CC[C@H](C3(O)CCNCC3)C2=O)COC1=O. The van der Waals surface area contributed by atoms with Gasteiger partial charge in [-0.05, 0) is 39.3 Å². The van der Waals surface area contributed by atoms with Crippen molar-refractivity contribution in [1.82, 2.24) is 10.2 Å². The maximum absolute atomic E-state index is 12.6. The fraction of sp³-hybridized carbons (Fsp3) is 0.714. The number of carbonyl (C=O) groups is 2. The Kier molecular flexibility index (Phi) is 3.30. The molecule has 20 heavy (non-hydrogen) atoms. The molecular weight excluding hydrogens is 260 g/mol. The molecule has 3 rings (SSSR count). The number of aliphatic hydroxyl groups is 1. The number of carbonyl (C=O) groups excluding carboxylic acids is 2. The Bertz CT molecular complexity index is 480. The van der Waals surface area contributed by atoms with E-state index in [2.05, 4.69) is 5.32 Å². The fourth-order valence-corrected chi connectivity index (χ4v) is 3.40. The summed E-state index contributed by atoms with van der Waals surface area (Å²) >= 11 is 0. The summed E-state index contributed by atoms with van der Waals surface area (Å²) < 4.78 is 4.96. The Labute approximate surface area is 117 Å². The number of cyclic esters (lactones) is 1. The van der Waals surface area contributed by atoms with Gasteiger partial charge in [-0.25, -0.2) is 4.79 Å². The number of likely N-dealkylation sites (tertiary alicyclic amines) is 1. The summed E-state index contributed by atoms with van der Waals surface area (Å²) in [7, 11) is 0. The third kappa shape index (κ3) is 2.03. The van der Waals surface area contributed by atoms with Crippen LogP contribution in [0.2, 0.25) is 0 Å². The molecule has 3 heterocycles. The Hall–Kier alpha value is -1.40. The molecule has 3 aliphatic rings. The third-order valence-corrected chi connectivity index (χ3v) is 4.73. The lowest BCUT2D eigenvalue weighted by molar-refractivity contribution is -0.140. The number of amides is 1. The summed E-state index contributed by atoms with van der Waals surface area (Å²) in [5, 5.41) is 13.9. The lowest BCUT2D eigenvalue weighted by atomic mass is 9.79. The number of esters is 1. The van der Waals surface area contributed by atoms with Gasteiger partial charge in [0.25, 0.3) is 0 Å². The van der Waals surface area contributed by atoms with Gasteiger partial charge in [0.1, 0.15) is 6.61 Å². The molecule has 0 saturated carbocycles. The van der Waals surface area contributed by atoms with Crippen molar-refractivity contribution in [3.8, 4) is 0 Å². The summed E-state index contributed by atoms with van der Waals surface area (Å²) in [6.45, 7) is 3.89.